The van der Waals surface area contributed by atoms with Gasteiger partial charge in [-0.25, -0.2) is 0 Å². The highest BCUT2D eigenvalue weighted by atomic mass is 16.5. The maximum absolute atomic E-state index is 12.9. The molecule has 1 N–H and O–H groups in total. The van der Waals surface area contributed by atoms with Gasteiger partial charge in [0, 0.05) is 17.5 Å². The molecule has 1 spiro atoms. The molecule has 3 heteroatoms. The molecule has 1 heterocycles. The predicted octanol–water partition coefficient (Wildman–Crippen LogP) is 5.26. The minimum atomic E-state index is -0.117. The topological polar surface area (TPSA) is 38.3 Å². The average Bonchev–Trinajstić information content (AvgIpc) is 2.64. The Morgan fingerprint density at radius 1 is 1.04 bits per heavy atom. The molecule has 26 heavy (non-hydrogen) atoms. The number of carbonyl (C=O) groups excluding carboxylic acids is 1. The lowest BCUT2D eigenvalue weighted by molar-refractivity contribution is -0.00209. The van der Waals surface area contributed by atoms with Gasteiger partial charge in [0.1, 0.15) is 11.4 Å². The number of carbonyl (C=O) groups is 1. The van der Waals surface area contributed by atoms with Gasteiger partial charge in [-0.15, -0.1) is 0 Å². The van der Waals surface area contributed by atoms with Gasteiger partial charge in [0.15, 0.2) is 0 Å². The summed E-state index contributed by atoms with van der Waals surface area (Å²) in [6.45, 7) is 4.12. The summed E-state index contributed by atoms with van der Waals surface area (Å²) in [5.74, 6) is 0.937. The van der Waals surface area contributed by atoms with Gasteiger partial charge in [0.05, 0.1) is 6.04 Å². The lowest BCUT2D eigenvalue weighted by atomic mass is 9.77. The molecule has 0 unspecified atom stereocenters. The van der Waals surface area contributed by atoms with Crippen molar-refractivity contribution in [3.63, 3.8) is 0 Å². The second-order valence-corrected chi connectivity index (χ2v) is 7.91. The number of fused-ring (bicyclic) bond motifs is 1. The second kappa shape index (κ2) is 6.79. The van der Waals surface area contributed by atoms with Crippen LogP contribution in [0, 0.1) is 13.8 Å². The quantitative estimate of drug-likeness (QED) is 0.803. The lowest BCUT2D eigenvalue weighted by Gasteiger charge is -2.44. The molecule has 2 aromatic rings. The first-order valence-electron chi connectivity index (χ1n) is 9.72. The van der Waals surface area contributed by atoms with Gasteiger partial charge in [-0.2, -0.15) is 0 Å². The standard InChI is InChI=1S/C23H27NO2/c1-16-10-11-18(14-17(16)2)22(25)24-20-15-23(12-6-3-7-13-23)26-21-9-5-4-8-19(20)21/h4-5,8-11,14,20H,3,6-7,12-13,15H2,1-2H3,(H,24,25)/t20-/m1/s1. The first kappa shape index (κ1) is 17.1. The third-order valence-corrected chi connectivity index (χ3v) is 6.04. The molecule has 2 aromatic carbocycles. The monoisotopic (exact) mass is 349 g/mol. The molecular formula is C23H27NO2. The first-order chi connectivity index (χ1) is 12.6. The minimum Gasteiger partial charge on any atom is -0.487 e. The Hall–Kier alpha value is -2.29. The summed E-state index contributed by atoms with van der Waals surface area (Å²) in [7, 11) is 0. The van der Waals surface area contributed by atoms with Crippen LogP contribution in [0.5, 0.6) is 5.75 Å². The summed E-state index contributed by atoms with van der Waals surface area (Å²) >= 11 is 0. The van der Waals surface area contributed by atoms with E-state index in [2.05, 4.69) is 18.3 Å². The van der Waals surface area contributed by atoms with Crippen molar-refractivity contribution in [2.24, 2.45) is 0 Å². The van der Waals surface area contributed by atoms with E-state index in [1.54, 1.807) is 0 Å². The van der Waals surface area contributed by atoms with Gasteiger partial charge < -0.3 is 10.1 Å². The normalized spacial score (nSPS) is 20.9. The molecule has 1 atom stereocenters. The number of nitrogens with one attached hydrogen (secondary N) is 1. The van der Waals surface area contributed by atoms with Gasteiger partial charge in [-0.1, -0.05) is 30.7 Å². The molecule has 2 aliphatic rings. The maximum atomic E-state index is 12.9. The van der Waals surface area contributed by atoms with Crippen LogP contribution in [0.4, 0.5) is 0 Å². The Morgan fingerprint density at radius 3 is 2.58 bits per heavy atom. The summed E-state index contributed by atoms with van der Waals surface area (Å²) in [6, 6.07) is 14.1. The van der Waals surface area contributed by atoms with E-state index in [4.69, 9.17) is 4.74 Å². The van der Waals surface area contributed by atoms with Crippen molar-refractivity contribution in [2.45, 2.75) is 64.0 Å². The van der Waals surface area contributed by atoms with E-state index in [1.165, 1.54) is 24.8 Å². The summed E-state index contributed by atoms with van der Waals surface area (Å²) in [5.41, 5.74) is 4.07. The van der Waals surface area contributed by atoms with Crippen LogP contribution in [0.25, 0.3) is 0 Å². The summed E-state index contributed by atoms with van der Waals surface area (Å²) in [4.78, 5) is 12.9. The van der Waals surface area contributed by atoms with Crippen LogP contribution in [0.2, 0.25) is 0 Å². The highest BCUT2D eigenvalue weighted by Crippen LogP contribution is 2.46. The molecule has 1 aliphatic carbocycles. The number of amides is 1. The van der Waals surface area contributed by atoms with Crippen LogP contribution in [-0.4, -0.2) is 11.5 Å². The second-order valence-electron chi connectivity index (χ2n) is 7.91. The molecule has 1 amide bonds. The molecule has 0 bridgehead atoms. The Labute approximate surface area is 155 Å². The zero-order chi connectivity index (χ0) is 18.1. The van der Waals surface area contributed by atoms with Gasteiger partial charge in [0.2, 0.25) is 0 Å². The first-order valence-corrected chi connectivity index (χ1v) is 9.72. The maximum Gasteiger partial charge on any atom is 0.251 e. The van der Waals surface area contributed by atoms with Crippen molar-refractivity contribution in [3.05, 3.63) is 64.7 Å². The van der Waals surface area contributed by atoms with Gasteiger partial charge in [0.25, 0.3) is 5.91 Å². The highest BCUT2D eigenvalue weighted by Gasteiger charge is 2.42. The van der Waals surface area contributed by atoms with Crippen LogP contribution < -0.4 is 10.1 Å². The SMILES string of the molecule is Cc1ccc(C(=O)N[C@@H]2CC3(CCCCC3)Oc3ccccc32)cc1C. The highest BCUT2D eigenvalue weighted by molar-refractivity contribution is 5.94. The molecular weight excluding hydrogens is 322 g/mol. The van der Waals surface area contributed by atoms with Crippen molar-refractivity contribution in [1.29, 1.82) is 0 Å². The van der Waals surface area contributed by atoms with Crippen LogP contribution >= 0.6 is 0 Å². The number of hydrogen-bond donors (Lipinski definition) is 1. The van der Waals surface area contributed by atoms with Crippen LogP contribution in [-0.2, 0) is 0 Å². The Kier molecular flexibility index (Phi) is 4.47. The van der Waals surface area contributed by atoms with E-state index in [0.717, 1.165) is 41.7 Å². The van der Waals surface area contributed by atoms with Gasteiger partial charge in [-0.3, -0.25) is 4.79 Å². The van der Waals surface area contributed by atoms with Crippen molar-refractivity contribution < 1.29 is 9.53 Å². The molecule has 3 nitrogen and oxygen atoms in total. The van der Waals surface area contributed by atoms with Crippen LogP contribution in [0.1, 0.15) is 71.6 Å². The van der Waals surface area contributed by atoms with E-state index in [9.17, 15) is 4.79 Å². The largest absolute Gasteiger partial charge is 0.487 e. The Morgan fingerprint density at radius 2 is 1.81 bits per heavy atom. The van der Waals surface area contributed by atoms with Crippen molar-refractivity contribution in [2.75, 3.05) is 0 Å². The lowest BCUT2D eigenvalue weighted by Crippen LogP contribution is -2.46. The van der Waals surface area contributed by atoms with E-state index < -0.39 is 0 Å². The zero-order valence-corrected chi connectivity index (χ0v) is 15.7. The van der Waals surface area contributed by atoms with E-state index in [0.29, 0.717) is 0 Å². The fraction of sp³-hybridized carbons (Fsp3) is 0.435. The Bertz CT molecular complexity index is 821. The summed E-state index contributed by atoms with van der Waals surface area (Å²) in [5, 5.41) is 3.29. The predicted molar refractivity (Wildman–Crippen MR) is 104 cm³/mol. The number of ether oxygens (including phenoxy) is 1. The van der Waals surface area contributed by atoms with Crippen LogP contribution in [0.3, 0.4) is 0 Å². The molecule has 1 aliphatic heterocycles. The number of aryl methyl sites for hydroxylation is 2. The molecule has 1 saturated carbocycles. The summed E-state index contributed by atoms with van der Waals surface area (Å²) in [6.07, 6.45) is 6.72. The number of benzene rings is 2. The zero-order valence-electron chi connectivity index (χ0n) is 15.7. The van der Waals surface area contributed by atoms with Gasteiger partial charge in [-0.05, 0) is 68.9 Å². The molecule has 4 rings (SSSR count). The van der Waals surface area contributed by atoms with Crippen molar-refractivity contribution in [1.82, 2.24) is 5.32 Å². The van der Waals surface area contributed by atoms with Crippen LogP contribution in [0.15, 0.2) is 42.5 Å². The number of hydrogen-bond acceptors (Lipinski definition) is 2. The van der Waals surface area contributed by atoms with E-state index in [-0.39, 0.29) is 17.6 Å². The fourth-order valence-corrected chi connectivity index (χ4v) is 4.37. The van der Waals surface area contributed by atoms with E-state index in [1.807, 2.05) is 43.3 Å². The third kappa shape index (κ3) is 3.23. The Balaban J connectivity index is 1.61. The smallest absolute Gasteiger partial charge is 0.251 e. The molecule has 0 aromatic heterocycles. The third-order valence-electron chi connectivity index (χ3n) is 6.04. The van der Waals surface area contributed by atoms with E-state index >= 15 is 0 Å². The summed E-state index contributed by atoms with van der Waals surface area (Å²) < 4.78 is 6.46. The van der Waals surface area contributed by atoms with Crippen molar-refractivity contribution >= 4 is 5.91 Å². The molecule has 1 fully saturated rings. The van der Waals surface area contributed by atoms with Crippen molar-refractivity contribution in [3.8, 4) is 5.75 Å². The minimum absolute atomic E-state index is 0.000706. The fourth-order valence-electron chi connectivity index (χ4n) is 4.37. The number of rotatable bonds is 2. The number of para-hydroxylation sites is 1. The van der Waals surface area contributed by atoms with Gasteiger partial charge >= 0.3 is 0 Å². The average molecular weight is 349 g/mol. The molecule has 0 radical (unpaired) electrons. The molecule has 0 saturated heterocycles. The molecule has 136 valence electrons.